The SMILES string of the molecule is Cc1cnccc1-c1nc(C(C)(C)C)cs1. The summed E-state index contributed by atoms with van der Waals surface area (Å²) in [5.74, 6) is 0. The van der Waals surface area contributed by atoms with E-state index in [4.69, 9.17) is 4.98 Å². The molecule has 84 valence electrons. The highest BCUT2D eigenvalue weighted by atomic mass is 32.1. The van der Waals surface area contributed by atoms with Crippen LogP contribution in [0.25, 0.3) is 10.6 Å². The average molecular weight is 232 g/mol. The minimum Gasteiger partial charge on any atom is -0.264 e. The lowest BCUT2D eigenvalue weighted by Gasteiger charge is -2.14. The highest BCUT2D eigenvalue weighted by Gasteiger charge is 2.18. The first-order chi connectivity index (χ1) is 7.48. The number of hydrogen-bond acceptors (Lipinski definition) is 3. The first-order valence-corrected chi connectivity index (χ1v) is 6.23. The van der Waals surface area contributed by atoms with Crippen LogP contribution >= 0.6 is 11.3 Å². The van der Waals surface area contributed by atoms with Crippen molar-refractivity contribution in [2.45, 2.75) is 33.1 Å². The number of nitrogens with zero attached hydrogens (tertiary/aromatic N) is 2. The molecule has 0 aliphatic carbocycles. The summed E-state index contributed by atoms with van der Waals surface area (Å²) in [5.41, 5.74) is 3.65. The summed E-state index contributed by atoms with van der Waals surface area (Å²) in [4.78, 5) is 8.81. The molecule has 0 spiro atoms. The predicted octanol–water partition coefficient (Wildman–Crippen LogP) is 3.81. The monoisotopic (exact) mass is 232 g/mol. The first-order valence-electron chi connectivity index (χ1n) is 5.35. The fourth-order valence-corrected chi connectivity index (χ4v) is 2.59. The van der Waals surface area contributed by atoms with Crippen LogP contribution < -0.4 is 0 Å². The lowest BCUT2D eigenvalue weighted by atomic mass is 9.93. The van der Waals surface area contributed by atoms with Crippen molar-refractivity contribution < 1.29 is 0 Å². The van der Waals surface area contributed by atoms with Crippen molar-refractivity contribution in [1.29, 1.82) is 0 Å². The Kier molecular flexibility index (Phi) is 2.80. The van der Waals surface area contributed by atoms with E-state index >= 15 is 0 Å². The van der Waals surface area contributed by atoms with Crippen molar-refractivity contribution >= 4 is 11.3 Å². The molecule has 0 saturated heterocycles. The van der Waals surface area contributed by atoms with Gasteiger partial charge < -0.3 is 0 Å². The van der Waals surface area contributed by atoms with Crippen LogP contribution in [0.3, 0.4) is 0 Å². The van der Waals surface area contributed by atoms with Crippen molar-refractivity contribution in [3.05, 3.63) is 35.1 Å². The van der Waals surface area contributed by atoms with Crippen molar-refractivity contribution in [1.82, 2.24) is 9.97 Å². The van der Waals surface area contributed by atoms with E-state index in [0.29, 0.717) is 0 Å². The van der Waals surface area contributed by atoms with E-state index in [1.807, 2.05) is 18.5 Å². The second-order valence-corrected chi connectivity index (χ2v) is 5.84. The Balaban J connectivity index is 2.44. The molecule has 0 bridgehead atoms. The van der Waals surface area contributed by atoms with Crippen molar-refractivity contribution in [2.75, 3.05) is 0 Å². The minimum absolute atomic E-state index is 0.121. The fourth-order valence-electron chi connectivity index (χ4n) is 1.46. The predicted molar refractivity (Wildman–Crippen MR) is 68.8 cm³/mol. The Hall–Kier alpha value is -1.22. The van der Waals surface area contributed by atoms with Crippen LogP contribution in [-0.2, 0) is 5.41 Å². The molecule has 0 unspecified atom stereocenters. The van der Waals surface area contributed by atoms with E-state index in [-0.39, 0.29) is 5.41 Å². The van der Waals surface area contributed by atoms with Gasteiger partial charge in [-0.15, -0.1) is 11.3 Å². The van der Waals surface area contributed by atoms with Crippen molar-refractivity contribution in [3.8, 4) is 10.6 Å². The maximum Gasteiger partial charge on any atom is 0.124 e. The Morgan fingerprint density at radius 1 is 1.25 bits per heavy atom. The van der Waals surface area contributed by atoms with E-state index < -0.39 is 0 Å². The molecule has 2 aromatic heterocycles. The third kappa shape index (κ3) is 2.14. The zero-order chi connectivity index (χ0) is 11.8. The van der Waals surface area contributed by atoms with Gasteiger partial charge in [0.1, 0.15) is 5.01 Å². The Morgan fingerprint density at radius 3 is 2.56 bits per heavy atom. The third-order valence-corrected chi connectivity index (χ3v) is 3.40. The van der Waals surface area contributed by atoms with Gasteiger partial charge in [0.2, 0.25) is 0 Å². The molecule has 0 aliphatic rings. The van der Waals surface area contributed by atoms with Crippen LogP contribution in [0.1, 0.15) is 32.0 Å². The van der Waals surface area contributed by atoms with Crippen LogP contribution in [0.15, 0.2) is 23.8 Å². The van der Waals surface area contributed by atoms with Gasteiger partial charge >= 0.3 is 0 Å². The van der Waals surface area contributed by atoms with E-state index in [1.165, 1.54) is 11.1 Å². The van der Waals surface area contributed by atoms with Gasteiger partial charge in [-0.3, -0.25) is 4.98 Å². The highest BCUT2D eigenvalue weighted by molar-refractivity contribution is 7.13. The maximum absolute atomic E-state index is 4.70. The smallest absolute Gasteiger partial charge is 0.124 e. The van der Waals surface area contributed by atoms with Gasteiger partial charge in [0, 0.05) is 28.8 Å². The molecule has 0 saturated carbocycles. The number of rotatable bonds is 1. The molecule has 2 rings (SSSR count). The van der Waals surface area contributed by atoms with Crippen LogP contribution in [0, 0.1) is 6.92 Å². The molecule has 0 radical (unpaired) electrons. The summed E-state index contributed by atoms with van der Waals surface area (Å²) >= 11 is 1.70. The van der Waals surface area contributed by atoms with E-state index in [2.05, 4.69) is 38.1 Å². The first kappa shape index (κ1) is 11.3. The molecule has 0 atom stereocenters. The Labute approximate surface area is 100 Å². The second-order valence-electron chi connectivity index (χ2n) is 4.98. The summed E-state index contributed by atoms with van der Waals surface area (Å²) in [6.07, 6.45) is 3.70. The molecule has 0 amide bonds. The molecule has 0 fully saturated rings. The number of aryl methyl sites for hydroxylation is 1. The molecule has 2 aromatic rings. The van der Waals surface area contributed by atoms with Gasteiger partial charge in [-0.2, -0.15) is 0 Å². The van der Waals surface area contributed by atoms with Crippen LogP contribution in [0.5, 0.6) is 0 Å². The molecule has 0 aliphatic heterocycles. The Morgan fingerprint density at radius 2 is 2.00 bits per heavy atom. The largest absolute Gasteiger partial charge is 0.264 e. The number of pyridine rings is 1. The van der Waals surface area contributed by atoms with Crippen molar-refractivity contribution in [2.24, 2.45) is 0 Å². The topological polar surface area (TPSA) is 25.8 Å². The van der Waals surface area contributed by atoms with E-state index in [0.717, 1.165) is 10.7 Å². The zero-order valence-electron chi connectivity index (χ0n) is 10.1. The van der Waals surface area contributed by atoms with Crippen molar-refractivity contribution in [3.63, 3.8) is 0 Å². The van der Waals surface area contributed by atoms with Gasteiger partial charge in [-0.1, -0.05) is 20.8 Å². The summed E-state index contributed by atoms with van der Waals surface area (Å²) in [7, 11) is 0. The van der Waals surface area contributed by atoms with Gasteiger partial charge in [0.05, 0.1) is 5.69 Å². The summed E-state index contributed by atoms with van der Waals surface area (Å²) in [6.45, 7) is 8.63. The number of hydrogen-bond donors (Lipinski definition) is 0. The second kappa shape index (κ2) is 3.98. The van der Waals surface area contributed by atoms with Gasteiger partial charge in [-0.05, 0) is 18.6 Å². The Bertz CT molecular complexity index is 495. The molecular formula is C13H16N2S. The molecule has 0 aromatic carbocycles. The van der Waals surface area contributed by atoms with Crippen LogP contribution in [0.2, 0.25) is 0 Å². The van der Waals surface area contributed by atoms with E-state index in [1.54, 1.807) is 11.3 Å². The molecular weight excluding hydrogens is 216 g/mol. The van der Waals surface area contributed by atoms with Crippen LogP contribution in [0.4, 0.5) is 0 Å². The molecule has 3 heteroatoms. The standard InChI is InChI=1S/C13H16N2S/c1-9-7-14-6-5-10(9)12-15-11(8-16-12)13(2,3)4/h5-8H,1-4H3. The van der Waals surface area contributed by atoms with Gasteiger partial charge in [0.25, 0.3) is 0 Å². The molecule has 16 heavy (non-hydrogen) atoms. The minimum atomic E-state index is 0.121. The number of thiazole rings is 1. The lowest BCUT2D eigenvalue weighted by molar-refractivity contribution is 0.573. The summed E-state index contributed by atoms with van der Waals surface area (Å²) in [6, 6.07) is 2.03. The summed E-state index contributed by atoms with van der Waals surface area (Å²) in [5, 5.41) is 3.24. The fraction of sp³-hybridized carbons (Fsp3) is 0.385. The van der Waals surface area contributed by atoms with Gasteiger partial charge in [-0.25, -0.2) is 4.98 Å². The van der Waals surface area contributed by atoms with Gasteiger partial charge in [0.15, 0.2) is 0 Å². The quantitative estimate of drug-likeness (QED) is 0.747. The average Bonchev–Trinajstić information content (AvgIpc) is 2.66. The third-order valence-electron chi connectivity index (χ3n) is 2.52. The molecule has 2 heterocycles. The highest BCUT2D eigenvalue weighted by Crippen LogP contribution is 2.30. The molecule has 2 nitrogen and oxygen atoms in total. The maximum atomic E-state index is 4.70. The normalized spacial score (nSPS) is 11.8. The number of aromatic nitrogens is 2. The van der Waals surface area contributed by atoms with E-state index in [9.17, 15) is 0 Å². The van der Waals surface area contributed by atoms with Crippen LogP contribution in [-0.4, -0.2) is 9.97 Å². The molecule has 0 N–H and O–H groups in total. The summed E-state index contributed by atoms with van der Waals surface area (Å²) < 4.78 is 0. The lowest BCUT2D eigenvalue weighted by Crippen LogP contribution is -2.11. The zero-order valence-corrected chi connectivity index (χ0v) is 10.9.